The number of nitro benzene ring substituents is 1. The Hall–Kier alpha value is -1.19. The normalized spacial score (nSPS) is 8.56. The van der Waals surface area contributed by atoms with E-state index in [9.17, 15) is 18.9 Å². The van der Waals surface area contributed by atoms with Gasteiger partial charge in [-0.1, -0.05) is 46.4 Å². The van der Waals surface area contributed by atoms with E-state index in [1.54, 1.807) is 0 Å². The monoisotopic (exact) mass is 505 g/mol. The molecule has 0 aliphatic heterocycles. The largest absolute Gasteiger partial charge is 0.542 e. The van der Waals surface area contributed by atoms with Gasteiger partial charge in [0, 0.05) is 29.2 Å². The molecular formula is C14H11Cl4F2FeN2O4-. The van der Waals surface area contributed by atoms with Crippen molar-refractivity contribution >= 4 is 64.1 Å². The number of nitrogens with zero attached hydrogens (tertiary/aromatic N) is 1. The minimum atomic E-state index is -0.991. The molecule has 2 aromatic carbocycles. The minimum Gasteiger partial charge on any atom is -0.542 e. The number of nitro groups is 1. The van der Waals surface area contributed by atoms with Crippen LogP contribution in [-0.2, 0) is 21.9 Å². The van der Waals surface area contributed by atoms with Gasteiger partial charge in [0.1, 0.15) is 5.82 Å². The Morgan fingerprint density at radius 2 is 1.30 bits per heavy atom. The first-order valence-electron chi connectivity index (χ1n) is 6.02. The third kappa shape index (κ3) is 10.7. The third-order valence-electron chi connectivity index (χ3n) is 2.23. The van der Waals surface area contributed by atoms with Gasteiger partial charge in [-0.3, -0.25) is 16.4 Å². The van der Waals surface area contributed by atoms with Crippen LogP contribution in [0.3, 0.4) is 0 Å². The molecule has 0 heterocycles. The Labute approximate surface area is 183 Å². The molecular weight excluding hydrogens is 496 g/mol. The van der Waals surface area contributed by atoms with E-state index in [0.717, 1.165) is 18.2 Å². The Balaban J connectivity index is -0.000000353. The van der Waals surface area contributed by atoms with Crippen LogP contribution >= 0.6 is 46.4 Å². The van der Waals surface area contributed by atoms with Crippen molar-refractivity contribution in [3.05, 3.63) is 66.1 Å². The van der Waals surface area contributed by atoms with Gasteiger partial charge >= 0.3 is 5.69 Å². The summed E-state index contributed by atoms with van der Waals surface area (Å²) in [5.41, 5.74) is 4.50. The topological polar surface area (TPSA) is 118 Å². The number of nitrogen functional groups attached to an aromatic ring is 1. The van der Waals surface area contributed by atoms with Crippen LogP contribution in [0.1, 0.15) is 6.92 Å². The number of hydrogen-bond acceptors (Lipinski definition) is 4. The van der Waals surface area contributed by atoms with Crippen molar-refractivity contribution in [3.8, 4) is 0 Å². The van der Waals surface area contributed by atoms with E-state index in [2.05, 4.69) is 0 Å². The quantitative estimate of drug-likeness (QED) is 0.145. The van der Waals surface area contributed by atoms with Crippen molar-refractivity contribution in [1.29, 1.82) is 0 Å². The molecule has 0 aliphatic rings. The third-order valence-corrected chi connectivity index (χ3v) is 3.67. The molecule has 0 saturated heterocycles. The molecule has 0 spiro atoms. The van der Waals surface area contributed by atoms with Crippen molar-refractivity contribution in [2.75, 3.05) is 5.73 Å². The van der Waals surface area contributed by atoms with E-state index in [0.29, 0.717) is 0 Å². The molecule has 2 aromatic rings. The van der Waals surface area contributed by atoms with Gasteiger partial charge in [0.25, 0.3) is 0 Å². The van der Waals surface area contributed by atoms with Gasteiger partial charge in [-0.25, -0.2) is 4.39 Å². The smallest absolute Gasteiger partial charge is 0.306 e. The summed E-state index contributed by atoms with van der Waals surface area (Å²) in [6.45, 7) is 1.32. The zero-order valence-electron chi connectivity index (χ0n) is 13.2. The first kappa shape index (κ1) is 30.5. The predicted molar refractivity (Wildman–Crippen MR) is 98.9 cm³/mol. The summed E-state index contributed by atoms with van der Waals surface area (Å²) < 4.78 is 25.2. The maximum absolute atomic E-state index is 12.7. The summed E-state index contributed by atoms with van der Waals surface area (Å²) in [5, 5.41) is 10.5. The number of anilines is 1. The molecule has 0 atom stereocenters. The van der Waals surface area contributed by atoms with Gasteiger partial charge in [-0.2, -0.15) is 11.3 Å². The maximum Gasteiger partial charge on any atom is 0.306 e. The molecule has 0 bridgehead atoms. The van der Waals surface area contributed by atoms with E-state index in [4.69, 9.17) is 56.9 Å². The van der Waals surface area contributed by atoms with Crippen molar-refractivity contribution in [2.24, 2.45) is 0 Å². The van der Waals surface area contributed by atoms with Crippen LogP contribution in [-0.4, -0.2) is 16.7 Å². The first-order valence-corrected chi connectivity index (χ1v) is 7.54. The van der Waals surface area contributed by atoms with Gasteiger partial charge in [-0.05, 0) is 12.1 Å². The van der Waals surface area contributed by atoms with E-state index < -0.39 is 22.2 Å². The minimum absolute atomic E-state index is 0. The number of carbonyl (C=O) groups excluding carboxylic acids is 1. The maximum atomic E-state index is 12.7. The molecule has 0 saturated carbocycles. The van der Waals surface area contributed by atoms with Crippen molar-refractivity contribution < 1.29 is 41.0 Å². The van der Waals surface area contributed by atoms with Crippen LogP contribution in [0.2, 0.25) is 20.1 Å². The molecule has 4 N–H and O–H groups in total. The fourth-order valence-electron chi connectivity index (χ4n) is 1.19. The molecule has 0 unspecified atom stereocenters. The first-order chi connectivity index (χ1) is 11.5. The van der Waals surface area contributed by atoms with Crippen molar-refractivity contribution in [2.45, 2.75) is 6.92 Å². The van der Waals surface area contributed by atoms with Crippen molar-refractivity contribution in [3.63, 3.8) is 0 Å². The van der Waals surface area contributed by atoms with Crippen molar-refractivity contribution in [1.82, 2.24) is 0 Å². The summed E-state index contributed by atoms with van der Waals surface area (Å²) in [6, 6.07) is 4.04. The Morgan fingerprint density at radius 3 is 1.67 bits per heavy atom. The van der Waals surface area contributed by atoms with Gasteiger partial charge < -0.3 is 16.0 Å². The van der Waals surface area contributed by atoms with E-state index in [-0.39, 0.29) is 48.3 Å². The number of halogens is 6. The van der Waals surface area contributed by atoms with Crippen LogP contribution in [0, 0.1) is 21.7 Å². The Kier molecular flexibility index (Phi) is 16.8. The second-order valence-corrected chi connectivity index (χ2v) is 5.60. The molecule has 0 aliphatic carbocycles. The molecule has 13 heteroatoms. The second kappa shape index (κ2) is 14.8. The number of benzene rings is 2. The zero-order valence-corrected chi connectivity index (χ0v) is 17.3. The number of rotatable bonds is 1. The summed E-state index contributed by atoms with van der Waals surface area (Å²) in [7, 11) is 0. The second-order valence-electron chi connectivity index (χ2n) is 3.97. The van der Waals surface area contributed by atoms with Gasteiger partial charge in [0.2, 0.25) is 5.82 Å². The fourth-order valence-corrected chi connectivity index (χ4v) is 1.82. The molecule has 152 valence electrons. The SMILES string of the molecule is C[C-]=O.Nc1cc(Cl)c(Cl)cc1F.O.O=[N+]([O-])c1cc(Cl)c(Cl)cc1F.[Fe]. The van der Waals surface area contributed by atoms with E-state index in [1.807, 2.05) is 0 Å². The molecule has 6 nitrogen and oxygen atoms in total. The van der Waals surface area contributed by atoms with Gasteiger partial charge in [0.05, 0.1) is 30.7 Å². The van der Waals surface area contributed by atoms with Crippen LogP contribution in [0.5, 0.6) is 0 Å². The number of nitrogens with two attached hydrogens (primary N) is 1. The molecule has 2 rings (SSSR count). The van der Waals surface area contributed by atoms with Gasteiger partial charge in [0.15, 0.2) is 0 Å². The predicted octanol–water partition coefficient (Wildman–Crippen LogP) is 5.04. The summed E-state index contributed by atoms with van der Waals surface area (Å²) >= 11 is 21.8. The van der Waals surface area contributed by atoms with E-state index in [1.165, 1.54) is 19.3 Å². The molecule has 0 amide bonds. The average molecular weight is 507 g/mol. The fraction of sp³-hybridized carbons (Fsp3) is 0.0714. The molecule has 27 heavy (non-hydrogen) atoms. The van der Waals surface area contributed by atoms with Crippen LogP contribution < -0.4 is 5.73 Å². The molecule has 0 fully saturated rings. The number of hydrogen-bond donors (Lipinski definition) is 1. The summed E-state index contributed by atoms with van der Waals surface area (Å²) in [4.78, 5) is 18.0. The van der Waals surface area contributed by atoms with Gasteiger partial charge in [-0.15, -0.1) is 0 Å². The zero-order chi connectivity index (χ0) is 19.7. The Morgan fingerprint density at radius 1 is 0.963 bits per heavy atom. The van der Waals surface area contributed by atoms with Crippen LogP contribution in [0.4, 0.5) is 20.2 Å². The summed E-state index contributed by atoms with van der Waals surface area (Å²) in [5.74, 6) is -1.54. The Bertz CT molecular complexity index is 735. The van der Waals surface area contributed by atoms with Crippen LogP contribution in [0.15, 0.2) is 24.3 Å². The standard InChI is InChI=1S/C6H2Cl2FNO2.C6H4Cl2FN.C2H3O.Fe.H2O/c7-3-1-5(9)6(10(11)12)2-4(3)8;7-3-1-5(9)6(10)2-4(3)8;1-2-3;;/h1-2H;1-2H,10H2;1H3;;1H2/q;;-1;;. The average Bonchev–Trinajstić information content (AvgIpc) is 2.50. The summed E-state index contributed by atoms with van der Waals surface area (Å²) in [6.07, 6.45) is 1.50. The molecule has 0 radical (unpaired) electrons. The molecule has 0 aromatic heterocycles. The van der Waals surface area contributed by atoms with Crippen LogP contribution in [0.25, 0.3) is 0 Å². The van der Waals surface area contributed by atoms with E-state index >= 15 is 0 Å².